The Balaban J connectivity index is 1.53. The number of nitriles is 1. The number of rotatable bonds is 7. The number of thioether (sulfide) groups is 1. The molecule has 28 heavy (non-hydrogen) atoms. The first-order chi connectivity index (χ1) is 13.6. The van der Waals surface area contributed by atoms with Crippen LogP contribution in [0.5, 0.6) is 5.75 Å². The van der Waals surface area contributed by atoms with Crippen LogP contribution >= 0.6 is 23.4 Å². The fraction of sp³-hybridized carbons (Fsp3) is 0.158. The maximum Gasteiger partial charge on any atom is 0.234 e. The quantitative estimate of drug-likeness (QED) is 0.594. The molecule has 0 bridgehead atoms. The Morgan fingerprint density at radius 1 is 1.25 bits per heavy atom. The van der Waals surface area contributed by atoms with Crippen molar-refractivity contribution in [2.45, 2.75) is 11.8 Å². The standard InChI is InChI=1S/C19H16ClN5O2S/c1-25-17(11-27-16-5-3-2-4-15(16)20)23-24-19(25)28-12-18(26)22-14-8-6-13(10-21)7-9-14/h2-9H,11-12H2,1H3,(H,22,26). The smallest absolute Gasteiger partial charge is 0.234 e. The first-order valence-electron chi connectivity index (χ1n) is 8.25. The van der Waals surface area contributed by atoms with E-state index in [0.717, 1.165) is 0 Å². The van der Waals surface area contributed by atoms with Gasteiger partial charge in [0.2, 0.25) is 5.91 Å². The van der Waals surface area contributed by atoms with Gasteiger partial charge in [-0.25, -0.2) is 0 Å². The van der Waals surface area contributed by atoms with Crippen molar-refractivity contribution in [1.29, 1.82) is 5.26 Å². The number of para-hydroxylation sites is 1. The van der Waals surface area contributed by atoms with Crippen LogP contribution in [-0.4, -0.2) is 26.4 Å². The van der Waals surface area contributed by atoms with Crippen molar-refractivity contribution in [3.05, 3.63) is 64.9 Å². The summed E-state index contributed by atoms with van der Waals surface area (Å²) >= 11 is 7.34. The van der Waals surface area contributed by atoms with Gasteiger partial charge in [0, 0.05) is 12.7 Å². The summed E-state index contributed by atoms with van der Waals surface area (Å²) in [4.78, 5) is 12.1. The zero-order valence-corrected chi connectivity index (χ0v) is 16.5. The summed E-state index contributed by atoms with van der Waals surface area (Å²) in [5.41, 5.74) is 1.18. The number of benzene rings is 2. The van der Waals surface area contributed by atoms with Crippen LogP contribution in [0.25, 0.3) is 0 Å². The van der Waals surface area contributed by atoms with E-state index in [1.165, 1.54) is 11.8 Å². The van der Waals surface area contributed by atoms with Gasteiger partial charge in [0.05, 0.1) is 22.4 Å². The Kier molecular flexibility index (Phi) is 6.53. The third-order valence-corrected chi connectivity index (χ3v) is 5.08. The lowest BCUT2D eigenvalue weighted by Gasteiger charge is -2.08. The molecule has 0 atom stereocenters. The Bertz CT molecular complexity index is 1010. The highest BCUT2D eigenvalue weighted by Gasteiger charge is 2.13. The molecule has 3 aromatic rings. The number of aromatic nitrogens is 3. The van der Waals surface area contributed by atoms with Crippen molar-refractivity contribution in [3.8, 4) is 11.8 Å². The van der Waals surface area contributed by atoms with Crippen LogP contribution in [0.3, 0.4) is 0 Å². The molecular weight excluding hydrogens is 398 g/mol. The summed E-state index contributed by atoms with van der Waals surface area (Å²) in [7, 11) is 1.81. The first kappa shape index (κ1) is 19.7. The number of carbonyl (C=O) groups excluding carboxylic acids is 1. The molecule has 0 radical (unpaired) electrons. The molecule has 0 aliphatic carbocycles. The Labute approximate surface area is 171 Å². The predicted octanol–water partition coefficient (Wildman–Crippen LogP) is 3.65. The van der Waals surface area contributed by atoms with Gasteiger partial charge in [0.25, 0.3) is 0 Å². The Morgan fingerprint density at radius 2 is 2.00 bits per heavy atom. The van der Waals surface area contributed by atoms with Crippen molar-refractivity contribution in [3.63, 3.8) is 0 Å². The van der Waals surface area contributed by atoms with E-state index in [4.69, 9.17) is 21.6 Å². The summed E-state index contributed by atoms with van der Waals surface area (Å²) < 4.78 is 7.45. The second-order valence-corrected chi connectivity index (χ2v) is 7.05. The summed E-state index contributed by atoms with van der Waals surface area (Å²) in [6.07, 6.45) is 0. The van der Waals surface area contributed by atoms with E-state index in [-0.39, 0.29) is 18.3 Å². The molecule has 0 saturated heterocycles. The van der Waals surface area contributed by atoms with Gasteiger partial charge in [0.1, 0.15) is 12.4 Å². The van der Waals surface area contributed by atoms with Crippen LogP contribution in [-0.2, 0) is 18.4 Å². The van der Waals surface area contributed by atoms with E-state index in [1.807, 2.05) is 25.2 Å². The molecule has 1 amide bonds. The van der Waals surface area contributed by atoms with E-state index in [9.17, 15) is 4.79 Å². The summed E-state index contributed by atoms with van der Waals surface area (Å²) in [5.74, 6) is 1.20. The normalized spacial score (nSPS) is 10.3. The topological polar surface area (TPSA) is 92.8 Å². The largest absolute Gasteiger partial charge is 0.484 e. The third-order valence-electron chi connectivity index (χ3n) is 3.75. The zero-order valence-electron chi connectivity index (χ0n) is 14.9. The second kappa shape index (κ2) is 9.26. The van der Waals surface area contributed by atoms with Gasteiger partial charge < -0.3 is 14.6 Å². The number of hydrogen-bond acceptors (Lipinski definition) is 6. The van der Waals surface area contributed by atoms with Gasteiger partial charge in [0.15, 0.2) is 11.0 Å². The number of anilines is 1. The molecule has 9 heteroatoms. The van der Waals surface area contributed by atoms with Gasteiger partial charge in [-0.05, 0) is 36.4 Å². The van der Waals surface area contributed by atoms with Gasteiger partial charge in [-0.2, -0.15) is 5.26 Å². The second-order valence-electron chi connectivity index (χ2n) is 5.70. The molecular formula is C19H16ClN5O2S. The minimum absolute atomic E-state index is 0.174. The maximum atomic E-state index is 12.1. The number of nitrogens with zero attached hydrogens (tertiary/aromatic N) is 4. The van der Waals surface area contributed by atoms with Gasteiger partial charge in [-0.3, -0.25) is 4.79 Å². The summed E-state index contributed by atoms with van der Waals surface area (Å²) in [5, 5.41) is 20.9. The molecule has 0 fully saturated rings. The molecule has 7 nitrogen and oxygen atoms in total. The zero-order chi connectivity index (χ0) is 19.9. The lowest BCUT2D eigenvalue weighted by atomic mass is 10.2. The molecule has 142 valence electrons. The molecule has 3 rings (SSSR count). The SMILES string of the molecule is Cn1c(COc2ccccc2Cl)nnc1SCC(=O)Nc1ccc(C#N)cc1. The van der Waals surface area contributed by atoms with E-state index in [2.05, 4.69) is 15.5 Å². The van der Waals surface area contributed by atoms with Crippen molar-refractivity contribution in [1.82, 2.24) is 14.8 Å². The minimum Gasteiger partial charge on any atom is -0.484 e. The summed E-state index contributed by atoms with van der Waals surface area (Å²) in [6, 6.07) is 15.9. The van der Waals surface area contributed by atoms with Crippen molar-refractivity contribution in [2.75, 3.05) is 11.1 Å². The predicted molar refractivity (Wildman–Crippen MR) is 107 cm³/mol. The molecule has 0 unspecified atom stereocenters. The molecule has 0 aliphatic rings. The van der Waals surface area contributed by atoms with Crippen LogP contribution in [0.1, 0.15) is 11.4 Å². The van der Waals surface area contributed by atoms with Crippen LogP contribution in [0.4, 0.5) is 5.69 Å². The molecule has 0 aliphatic heterocycles. The van der Waals surface area contributed by atoms with Gasteiger partial charge >= 0.3 is 0 Å². The van der Waals surface area contributed by atoms with Crippen LogP contribution in [0.2, 0.25) is 5.02 Å². The Hall–Kier alpha value is -3.02. The van der Waals surface area contributed by atoms with Gasteiger partial charge in [-0.15, -0.1) is 10.2 Å². The van der Waals surface area contributed by atoms with E-state index in [1.54, 1.807) is 41.0 Å². The Morgan fingerprint density at radius 3 is 2.71 bits per heavy atom. The number of amides is 1. The fourth-order valence-electron chi connectivity index (χ4n) is 2.26. The van der Waals surface area contributed by atoms with Crippen molar-refractivity contribution in [2.24, 2.45) is 7.05 Å². The number of ether oxygens (including phenoxy) is 1. The van der Waals surface area contributed by atoms with E-state index >= 15 is 0 Å². The first-order valence-corrected chi connectivity index (χ1v) is 9.61. The highest BCUT2D eigenvalue weighted by Crippen LogP contribution is 2.24. The lowest BCUT2D eigenvalue weighted by Crippen LogP contribution is -2.14. The monoisotopic (exact) mass is 413 g/mol. The van der Waals surface area contributed by atoms with Crippen LogP contribution in [0, 0.1) is 11.3 Å². The highest BCUT2D eigenvalue weighted by atomic mass is 35.5. The number of hydrogen-bond donors (Lipinski definition) is 1. The van der Waals surface area contributed by atoms with Gasteiger partial charge in [-0.1, -0.05) is 35.5 Å². The molecule has 0 spiro atoms. The molecule has 2 aromatic carbocycles. The molecule has 1 heterocycles. The number of carbonyl (C=O) groups is 1. The minimum atomic E-state index is -0.174. The highest BCUT2D eigenvalue weighted by molar-refractivity contribution is 7.99. The molecule has 1 N–H and O–H groups in total. The fourth-order valence-corrected chi connectivity index (χ4v) is 3.18. The van der Waals surface area contributed by atoms with Crippen LogP contribution < -0.4 is 10.1 Å². The van der Waals surface area contributed by atoms with Crippen molar-refractivity contribution >= 4 is 35.0 Å². The number of nitrogens with one attached hydrogen (secondary N) is 1. The molecule has 0 saturated carbocycles. The summed E-state index contributed by atoms with van der Waals surface area (Å²) in [6.45, 7) is 0.214. The van der Waals surface area contributed by atoms with E-state index in [0.29, 0.717) is 33.0 Å². The molecule has 1 aromatic heterocycles. The number of halogens is 1. The average Bonchev–Trinajstić information content (AvgIpc) is 3.06. The third kappa shape index (κ3) is 5.03. The van der Waals surface area contributed by atoms with Crippen LogP contribution in [0.15, 0.2) is 53.7 Å². The van der Waals surface area contributed by atoms with Crippen molar-refractivity contribution < 1.29 is 9.53 Å². The lowest BCUT2D eigenvalue weighted by molar-refractivity contribution is -0.113. The maximum absolute atomic E-state index is 12.1. The van der Waals surface area contributed by atoms with E-state index < -0.39 is 0 Å². The average molecular weight is 414 g/mol.